The molecule has 9 heteroatoms. The number of halogens is 2. The third-order valence-electron chi connectivity index (χ3n) is 5.47. The molecule has 0 saturated carbocycles. The van der Waals surface area contributed by atoms with E-state index in [2.05, 4.69) is 27.5 Å². The van der Waals surface area contributed by atoms with Crippen molar-refractivity contribution in [1.29, 1.82) is 0 Å². The van der Waals surface area contributed by atoms with Crippen molar-refractivity contribution < 1.29 is 23.0 Å². The first-order chi connectivity index (χ1) is 18.4. The van der Waals surface area contributed by atoms with E-state index in [0.717, 1.165) is 17.3 Å². The van der Waals surface area contributed by atoms with Gasteiger partial charge in [0.1, 0.15) is 30.6 Å². The Bertz CT molecular complexity index is 1120. The number of aromatic nitrogens is 1. The van der Waals surface area contributed by atoms with Crippen LogP contribution in [-0.2, 0) is 11.2 Å². The highest BCUT2D eigenvalue weighted by atomic mass is 19.1. The Hall–Kier alpha value is -3.69. The molecule has 0 amide bonds. The minimum Gasteiger partial charge on any atom is -0.490 e. The topological polar surface area (TPSA) is 76.7 Å². The lowest BCUT2D eigenvalue weighted by atomic mass is 9.90. The van der Waals surface area contributed by atoms with Gasteiger partial charge in [-0.3, -0.25) is 0 Å². The molecule has 0 spiro atoms. The second kappa shape index (κ2) is 16.9. The molecule has 2 heterocycles. The van der Waals surface area contributed by atoms with Gasteiger partial charge in [-0.05, 0) is 50.4 Å². The summed E-state index contributed by atoms with van der Waals surface area (Å²) in [6.07, 6.45) is 13.4. The highest BCUT2D eigenvalue weighted by Gasteiger charge is 2.21. The fourth-order valence-corrected chi connectivity index (χ4v) is 3.41. The molecule has 0 saturated heterocycles. The van der Waals surface area contributed by atoms with Crippen LogP contribution in [0.1, 0.15) is 24.0 Å². The second-order valence-electron chi connectivity index (χ2n) is 8.25. The summed E-state index contributed by atoms with van der Waals surface area (Å²) >= 11 is 0. The molecule has 0 aliphatic carbocycles. The van der Waals surface area contributed by atoms with E-state index in [0.29, 0.717) is 31.3 Å². The number of hydrogen-bond acceptors (Lipinski definition) is 7. The maximum atomic E-state index is 14.6. The Kier molecular flexibility index (Phi) is 13.6. The predicted octanol–water partition coefficient (Wildman–Crippen LogP) is 5.10. The molecule has 0 radical (unpaired) electrons. The van der Waals surface area contributed by atoms with Gasteiger partial charge in [0.05, 0.1) is 12.8 Å². The molecule has 1 aliphatic rings. The van der Waals surface area contributed by atoms with E-state index in [4.69, 9.17) is 14.2 Å². The molecule has 0 fully saturated rings. The van der Waals surface area contributed by atoms with E-state index in [1.54, 1.807) is 26.6 Å². The van der Waals surface area contributed by atoms with Gasteiger partial charge in [0, 0.05) is 43.9 Å². The van der Waals surface area contributed by atoms with Crippen LogP contribution in [-0.4, -0.2) is 52.6 Å². The molecule has 1 atom stereocenters. The van der Waals surface area contributed by atoms with Gasteiger partial charge in [-0.25, -0.2) is 13.8 Å². The summed E-state index contributed by atoms with van der Waals surface area (Å²) in [5.74, 6) is -0.0644. The number of likely N-dealkylation sites (N-methyl/N-ethyl adjacent to an activating group) is 2. The van der Waals surface area contributed by atoms with Crippen molar-refractivity contribution in [2.45, 2.75) is 19.3 Å². The molecule has 3 N–H and O–H groups in total. The predicted molar refractivity (Wildman–Crippen MR) is 149 cm³/mol. The first kappa shape index (κ1) is 30.5. The number of fused-ring (bicyclic) bond motifs is 1. The minimum atomic E-state index is -0.578. The fraction of sp³-hybridized carbons (Fsp3) is 0.345. The number of nitrogens with one attached hydrogen (secondary N) is 3. The van der Waals surface area contributed by atoms with Gasteiger partial charge in [-0.15, -0.1) is 0 Å². The first-order valence-electron chi connectivity index (χ1n) is 12.4. The third kappa shape index (κ3) is 9.99. The summed E-state index contributed by atoms with van der Waals surface area (Å²) in [4.78, 5) is 4.36. The van der Waals surface area contributed by atoms with Crippen LogP contribution in [0.25, 0.3) is 0 Å². The molecule has 7 nitrogen and oxygen atoms in total. The lowest BCUT2D eigenvalue weighted by molar-refractivity contribution is 0.146. The van der Waals surface area contributed by atoms with Crippen LogP contribution in [0.15, 0.2) is 73.3 Å². The molecule has 1 aromatic heterocycles. The zero-order chi connectivity index (χ0) is 27.8. The number of pyridine rings is 1. The molecule has 1 aromatic carbocycles. The number of ether oxygens (including phenoxy) is 3. The Morgan fingerprint density at radius 2 is 1.92 bits per heavy atom. The number of hydrogen-bond donors (Lipinski definition) is 3. The molecular formula is C29H38F2N4O3. The lowest BCUT2D eigenvalue weighted by Gasteiger charge is -2.22. The van der Waals surface area contributed by atoms with Crippen LogP contribution >= 0.6 is 0 Å². The van der Waals surface area contributed by atoms with Crippen molar-refractivity contribution in [2.75, 3.05) is 52.9 Å². The van der Waals surface area contributed by atoms with Gasteiger partial charge in [-0.2, -0.15) is 0 Å². The second-order valence-corrected chi connectivity index (χ2v) is 8.25. The largest absolute Gasteiger partial charge is 0.490 e. The molecule has 0 bridgehead atoms. The Morgan fingerprint density at radius 1 is 1.11 bits per heavy atom. The number of anilines is 1. The molecule has 1 unspecified atom stereocenters. The summed E-state index contributed by atoms with van der Waals surface area (Å²) < 4.78 is 44.8. The standard InChI is InChI=1S/C21H25F2N3O3.C8H13N/c1-24-5-6-29-20-12-18(22)15(10-19(20)23)9-14-3-4-25-21-17(14)11-16(13-26-21)28-8-7-27-2;1-4-5-6-7-8(2)9-3/h3-4,10-14,24H,5-9H2,1-2H3,(H,25,26);4-7,9H,2H2,1,3H3/b;5-4-,7-6-. The number of allylic oxidation sites excluding steroid dienone is 5. The number of nitrogens with zero attached hydrogens (tertiary/aromatic N) is 1. The molecule has 3 rings (SSSR count). The van der Waals surface area contributed by atoms with Gasteiger partial charge in [0.2, 0.25) is 0 Å². The zero-order valence-corrected chi connectivity index (χ0v) is 22.5. The van der Waals surface area contributed by atoms with Gasteiger partial charge >= 0.3 is 0 Å². The Labute approximate surface area is 224 Å². The van der Waals surface area contributed by atoms with Crippen LogP contribution in [0.2, 0.25) is 0 Å². The van der Waals surface area contributed by atoms with Gasteiger partial charge in [-0.1, -0.05) is 30.9 Å². The summed E-state index contributed by atoms with van der Waals surface area (Å²) in [5, 5.41) is 8.87. The maximum Gasteiger partial charge on any atom is 0.165 e. The van der Waals surface area contributed by atoms with E-state index < -0.39 is 11.6 Å². The SMILES string of the molecule is C=C(/C=C\C=C/C)NC.CNCCOc1cc(F)c(CC2C=CNc3ncc(OCCOC)cc32)cc1F. The number of benzene rings is 1. The molecule has 2 aromatic rings. The van der Waals surface area contributed by atoms with Crippen molar-refractivity contribution >= 4 is 5.82 Å². The Morgan fingerprint density at radius 3 is 2.63 bits per heavy atom. The third-order valence-corrected chi connectivity index (χ3v) is 5.47. The van der Waals surface area contributed by atoms with Crippen LogP contribution in [0, 0.1) is 11.6 Å². The van der Waals surface area contributed by atoms with Crippen molar-refractivity contribution in [3.8, 4) is 11.5 Å². The van der Waals surface area contributed by atoms with Crippen LogP contribution in [0.4, 0.5) is 14.6 Å². The minimum absolute atomic E-state index is 0.0850. The van der Waals surface area contributed by atoms with E-state index in [1.165, 1.54) is 6.07 Å². The van der Waals surface area contributed by atoms with E-state index >= 15 is 0 Å². The molecule has 206 valence electrons. The van der Waals surface area contributed by atoms with Gasteiger partial charge in [0.15, 0.2) is 11.6 Å². The van der Waals surface area contributed by atoms with E-state index in [-0.39, 0.29) is 30.3 Å². The maximum absolute atomic E-state index is 14.6. The molecule has 38 heavy (non-hydrogen) atoms. The number of rotatable bonds is 13. The van der Waals surface area contributed by atoms with Crippen molar-refractivity contribution in [3.63, 3.8) is 0 Å². The summed E-state index contributed by atoms with van der Waals surface area (Å²) in [7, 11) is 5.21. The van der Waals surface area contributed by atoms with Crippen LogP contribution < -0.4 is 25.4 Å². The normalized spacial score (nSPS) is 14.0. The lowest BCUT2D eigenvalue weighted by Crippen LogP contribution is -2.16. The smallest absolute Gasteiger partial charge is 0.165 e. The fourth-order valence-electron chi connectivity index (χ4n) is 3.41. The molecular weight excluding hydrogens is 490 g/mol. The number of methoxy groups -OCH3 is 1. The van der Waals surface area contributed by atoms with Crippen molar-refractivity contribution in [3.05, 3.63) is 96.0 Å². The quantitative estimate of drug-likeness (QED) is 0.247. The van der Waals surface area contributed by atoms with E-state index in [1.807, 2.05) is 50.4 Å². The monoisotopic (exact) mass is 528 g/mol. The van der Waals surface area contributed by atoms with E-state index in [9.17, 15) is 8.78 Å². The highest BCUT2D eigenvalue weighted by molar-refractivity contribution is 5.55. The summed E-state index contributed by atoms with van der Waals surface area (Å²) in [5.41, 5.74) is 2.06. The van der Waals surface area contributed by atoms with Crippen molar-refractivity contribution in [2.24, 2.45) is 0 Å². The zero-order valence-electron chi connectivity index (χ0n) is 22.5. The first-order valence-corrected chi connectivity index (χ1v) is 12.4. The summed E-state index contributed by atoms with van der Waals surface area (Å²) in [6, 6.07) is 4.17. The van der Waals surface area contributed by atoms with Crippen molar-refractivity contribution in [1.82, 2.24) is 15.6 Å². The van der Waals surface area contributed by atoms with Crippen LogP contribution in [0.3, 0.4) is 0 Å². The average molecular weight is 529 g/mol. The molecule has 1 aliphatic heterocycles. The van der Waals surface area contributed by atoms with Gasteiger partial charge in [0.25, 0.3) is 0 Å². The van der Waals surface area contributed by atoms with Gasteiger partial charge < -0.3 is 30.2 Å². The Balaban J connectivity index is 0.000000484. The highest BCUT2D eigenvalue weighted by Crippen LogP contribution is 2.34. The van der Waals surface area contributed by atoms with Crippen LogP contribution in [0.5, 0.6) is 11.5 Å². The average Bonchev–Trinajstić information content (AvgIpc) is 2.92. The summed E-state index contributed by atoms with van der Waals surface area (Å²) in [6.45, 7) is 7.36.